The maximum Gasteiger partial charge on any atom is 0.227 e. The van der Waals surface area contributed by atoms with Gasteiger partial charge in [-0.15, -0.1) is 0 Å². The Balaban J connectivity index is 1.41. The Morgan fingerprint density at radius 1 is 1.05 bits per heavy atom. The normalized spacial score (nSPS) is 13.8. The van der Waals surface area contributed by atoms with Gasteiger partial charge in [0.25, 0.3) is 0 Å². The monoisotopic (exact) mass is 593 g/mol. The minimum absolute atomic E-state index is 0.00696. The number of carbonyl (C=O) groups excluding carboxylic acids is 1. The van der Waals surface area contributed by atoms with Gasteiger partial charge in [0, 0.05) is 42.4 Å². The van der Waals surface area contributed by atoms with E-state index < -0.39 is 9.84 Å². The fraction of sp³-hybridized carbons (Fsp3) is 0.333. The smallest absolute Gasteiger partial charge is 0.227 e. The summed E-state index contributed by atoms with van der Waals surface area (Å²) in [4.78, 5) is 24.7. The van der Waals surface area contributed by atoms with Gasteiger partial charge in [0.2, 0.25) is 5.91 Å². The molecule has 11 heteroatoms. The molecule has 0 atom stereocenters. The summed E-state index contributed by atoms with van der Waals surface area (Å²) < 4.78 is 30.8. The van der Waals surface area contributed by atoms with Gasteiger partial charge in [-0.1, -0.05) is 36.6 Å². The molecule has 9 nitrogen and oxygen atoms in total. The predicted octanol–water partition coefficient (Wildman–Crippen LogP) is 5.09. The van der Waals surface area contributed by atoms with Crippen LogP contribution in [0.1, 0.15) is 31.2 Å². The van der Waals surface area contributed by atoms with Crippen LogP contribution >= 0.6 is 11.6 Å². The molecule has 0 radical (unpaired) electrons. The van der Waals surface area contributed by atoms with Crippen LogP contribution in [0, 0.1) is 0 Å². The zero-order chi connectivity index (χ0) is 29.0. The summed E-state index contributed by atoms with van der Waals surface area (Å²) in [6, 6.07) is 15.9. The number of rotatable bonds is 10. The van der Waals surface area contributed by atoms with Gasteiger partial charge in [0.05, 0.1) is 30.0 Å². The molecule has 4 aromatic rings. The Morgan fingerprint density at radius 2 is 1.76 bits per heavy atom. The second-order valence-electron chi connectivity index (χ2n) is 10.2. The van der Waals surface area contributed by atoms with Gasteiger partial charge in [0.15, 0.2) is 21.5 Å². The molecule has 0 bridgehead atoms. The highest BCUT2D eigenvalue weighted by molar-refractivity contribution is 7.90. The second-order valence-corrected chi connectivity index (χ2v) is 12.6. The van der Waals surface area contributed by atoms with Crippen molar-refractivity contribution in [1.29, 1.82) is 0 Å². The SMILES string of the molecule is COc1ccc(-c2nc(-c3ccncc3)nn2CCN(C(=O)Cc2ccc(S(C)(=O)=O)cc2)C2CCCC2)cc1Cl. The Bertz CT molecular complexity index is 1620. The number of hydrogen-bond acceptors (Lipinski definition) is 7. The topological polar surface area (TPSA) is 107 Å². The number of benzene rings is 2. The van der Waals surface area contributed by atoms with Gasteiger partial charge in [-0.2, -0.15) is 5.10 Å². The van der Waals surface area contributed by atoms with Crippen molar-refractivity contribution in [2.45, 2.75) is 49.6 Å². The second kappa shape index (κ2) is 12.4. The number of nitrogens with zero attached hydrogens (tertiary/aromatic N) is 5. The summed E-state index contributed by atoms with van der Waals surface area (Å²) in [6.45, 7) is 0.896. The zero-order valence-electron chi connectivity index (χ0n) is 23.0. The van der Waals surface area contributed by atoms with Crippen LogP contribution in [0.3, 0.4) is 0 Å². The lowest BCUT2D eigenvalue weighted by molar-refractivity contribution is -0.132. The van der Waals surface area contributed by atoms with Crippen molar-refractivity contribution in [2.24, 2.45) is 0 Å². The zero-order valence-corrected chi connectivity index (χ0v) is 24.6. The lowest BCUT2D eigenvalue weighted by Crippen LogP contribution is -2.42. The Kier molecular flexibility index (Phi) is 8.70. The number of aromatic nitrogens is 4. The number of methoxy groups -OCH3 is 1. The first-order valence-corrected chi connectivity index (χ1v) is 15.8. The van der Waals surface area contributed by atoms with Gasteiger partial charge in [-0.3, -0.25) is 9.78 Å². The van der Waals surface area contributed by atoms with Crippen molar-refractivity contribution in [1.82, 2.24) is 24.6 Å². The van der Waals surface area contributed by atoms with Crippen molar-refractivity contribution in [3.8, 4) is 28.5 Å². The largest absolute Gasteiger partial charge is 0.495 e. The van der Waals surface area contributed by atoms with Gasteiger partial charge >= 0.3 is 0 Å². The standard InChI is InChI=1S/C30H32ClN5O4S/c1-40-27-12-9-23(20-26(27)31)30-33-29(22-13-15-32-16-14-22)34-36(30)18-17-35(24-5-3-4-6-24)28(37)19-21-7-10-25(11-8-21)41(2,38)39/h7-16,20,24H,3-6,17-19H2,1-2H3. The maximum absolute atomic E-state index is 13.6. The molecule has 0 saturated heterocycles. The van der Waals surface area contributed by atoms with Crippen molar-refractivity contribution in [3.63, 3.8) is 0 Å². The highest BCUT2D eigenvalue weighted by Crippen LogP contribution is 2.31. The first-order valence-electron chi connectivity index (χ1n) is 13.5. The summed E-state index contributed by atoms with van der Waals surface area (Å²) >= 11 is 6.45. The number of carbonyl (C=O) groups is 1. The van der Waals surface area contributed by atoms with E-state index in [0.717, 1.165) is 42.4 Å². The van der Waals surface area contributed by atoms with E-state index in [2.05, 4.69) is 4.98 Å². The van der Waals surface area contributed by atoms with E-state index in [1.807, 2.05) is 27.8 Å². The molecular formula is C30H32ClN5O4S. The van der Waals surface area contributed by atoms with Crippen LogP contribution < -0.4 is 4.74 Å². The molecule has 2 aromatic heterocycles. The van der Waals surface area contributed by atoms with Crippen molar-refractivity contribution in [2.75, 3.05) is 19.9 Å². The Hall–Kier alpha value is -3.76. The molecule has 1 aliphatic rings. The van der Waals surface area contributed by atoms with E-state index in [4.69, 9.17) is 26.4 Å². The van der Waals surface area contributed by atoms with Crippen LogP contribution in [0.4, 0.5) is 0 Å². The first kappa shape index (κ1) is 28.8. The molecule has 0 unspecified atom stereocenters. The van der Waals surface area contributed by atoms with E-state index in [0.29, 0.717) is 35.5 Å². The molecule has 1 saturated carbocycles. The highest BCUT2D eigenvalue weighted by atomic mass is 35.5. The van der Waals surface area contributed by atoms with E-state index in [1.54, 1.807) is 55.9 Å². The molecule has 1 aliphatic carbocycles. The van der Waals surface area contributed by atoms with Crippen LogP contribution in [0.25, 0.3) is 22.8 Å². The number of pyridine rings is 1. The molecule has 0 aliphatic heterocycles. The number of sulfone groups is 1. The van der Waals surface area contributed by atoms with Crippen molar-refractivity contribution in [3.05, 3.63) is 77.6 Å². The van der Waals surface area contributed by atoms with Gasteiger partial charge < -0.3 is 9.64 Å². The Morgan fingerprint density at radius 3 is 2.39 bits per heavy atom. The third-order valence-electron chi connectivity index (χ3n) is 7.37. The van der Waals surface area contributed by atoms with E-state index >= 15 is 0 Å². The molecule has 5 rings (SSSR count). The fourth-order valence-electron chi connectivity index (χ4n) is 5.20. The predicted molar refractivity (Wildman–Crippen MR) is 157 cm³/mol. The average Bonchev–Trinajstić information content (AvgIpc) is 3.64. The van der Waals surface area contributed by atoms with Crippen LogP contribution in [0.5, 0.6) is 5.75 Å². The molecule has 0 spiro atoms. The Labute approximate surface area is 245 Å². The first-order chi connectivity index (χ1) is 19.7. The lowest BCUT2D eigenvalue weighted by Gasteiger charge is -2.29. The van der Waals surface area contributed by atoms with Crippen LogP contribution in [-0.2, 0) is 27.6 Å². The molecule has 2 heterocycles. The summed E-state index contributed by atoms with van der Waals surface area (Å²) in [5.74, 6) is 1.77. The number of amides is 1. The summed E-state index contributed by atoms with van der Waals surface area (Å²) in [5.41, 5.74) is 2.40. The molecule has 2 aromatic carbocycles. The number of hydrogen-bond donors (Lipinski definition) is 0. The molecule has 214 valence electrons. The third-order valence-corrected chi connectivity index (χ3v) is 8.79. The summed E-state index contributed by atoms with van der Waals surface area (Å²) in [6.07, 6.45) is 8.85. The van der Waals surface area contributed by atoms with Crippen LogP contribution in [0.15, 0.2) is 71.9 Å². The van der Waals surface area contributed by atoms with E-state index in [9.17, 15) is 13.2 Å². The minimum Gasteiger partial charge on any atom is -0.495 e. The third kappa shape index (κ3) is 6.77. The number of ether oxygens (including phenoxy) is 1. The summed E-state index contributed by atoms with van der Waals surface area (Å²) in [7, 11) is -1.73. The molecule has 41 heavy (non-hydrogen) atoms. The fourth-order valence-corrected chi connectivity index (χ4v) is 6.09. The summed E-state index contributed by atoms with van der Waals surface area (Å²) in [5, 5.41) is 5.28. The molecular weight excluding hydrogens is 562 g/mol. The average molecular weight is 594 g/mol. The maximum atomic E-state index is 13.6. The van der Waals surface area contributed by atoms with E-state index in [1.165, 1.54) is 6.26 Å². The van der Waals surface area contributed by atoms with Crippen molar-refractivity contribution < 1.29 is 17.9 Å². The van der Waals surface area contributed by atoms with Crippen LogP contribution in [-0.4, -0.2) is 64.9 Å². The quantitative estimate of drug-likeness (QED) is 0.252. The molecule has 0 N–H and O–H groups in total. The van der Waals surface area contributed by atoms with Gasteiger partial charge in [-0.05, 0) is 60.9 Å². The van der Waals surface area contributed by atoms with Gasteiger partial charge in [-0.25, -0.2) is 18.1 Å². The van der Waals surface area contributed by atoms with E-state index in [-0.39, 0.29) is 23.3 Å². The van der Waals surface area contributed by atoms with Gasteiger partial charge in [0.1, 0.15) is 5.75 Å². The highest BCUT2D eigenvalue weighted by Gasteiger charge is 2.27. The van der Waals surface area contributed by atoms with Crippen LogP contribution in [0.2, 0.25) is 5.02 Å². The molecule has 1 fully saturated rings. The minimum atomic E-state index is -3.30. The lowest BCUT2D eigenvalue weighted by atomic mass is 10.1. The van der Waals surface area contributed by atoms with Crippen molar-refractivity contribution >= 4 is 27.3 Å². The number of halogens is 1. The molecule has 1 amide bonds.